The Morgan fingerprint density at radius 1 is 1.03 bits per heavy atom. The molecule has 3 aliphatic rings. The molecule has 2 saturated carbocycles. The standard InChI is InChI=1S/C25H36N2O2/c28-23(27-19-7-11-21-10-4-5-12-22(21)27)13-6-15-25(16-17-25)24(29)26-18-14-20-8-2-1-3-9-20/h1-3,8-9,21-22H,4-7,10-19H2,(H,26,29). The van der Waals surface area contributed by atoms with Crippen LogP contribution >= 0.6 is 0 Å². The largest absolute Gasteiger partial charge is 0.355 e. The fourth-order valence-corrected chi connectivity index (χ4v) is 5.55. The molecule has 29 heavy (non-hydrogen) atoms. The number of carbonyl (C=O) groups excluding carboxylic acids is 2. The van der Waals surface area contributed by atoms with Gasteiger partial charge in [0.25, 0.3) is 0 Å². The van der Waals surface area contributed by atoms with E-state index in [0.29, 0.717) is 24.9 Å². The number of carbonyl (C=O) groups is 2. The van der Waals surface area contributed by atoms with Gasteiger partial charge >= 0.3 is 0 Å². The molecule has 1 N–H and O–H groups in total. The Bertz CT molecular complexity index is 696. The average molecular weight is 397 g/mol. The van der Waals surface area contributed by atoms with Crippen LogP contribution in [-0.4, -0.2) is 35.8 Å². The predicted octanol–water partition coefficient (Wildman–Crippen LogP) is 4.48. The summed E-state index contributed by atoms with van der Waals surface area (Å²) < 4.78 is 0. The smallest absolute Gasteiger partial charge is 0.226 e. The first kappa shape index (κ1) is 20.4. The van der Waals surface area contributed by atoms with E-state index in [1.807, 2.05) is 18.2 Å². The molecule has 4 heteroatoms. The highest BCUT2D eigenvalue weighted by Crippen LogP contribution is 2.50. The van der Waals surface area contributed by atoms with E-state index in [4.69, 9.17) is 0 Å². The molecular formula is C25H36N2O2. The Morgan fingerprint density at radius 2 is 1.79 bits per heavy atom. The minimum atomic E-state index is -0.188. The number of benzene rings is 1. The van der Waals surface area contributed by atoms with Gasteiger partial charge in [-0.05, 0) is 69.3 Å². The molecular weight excluding hydrogens is 360 g/mol. The minimum Gasteiger partial charge on any atom is -0.355 e. The van der Waals surface area contributed by atoms with Crippen molar-refractivity contribution in [3.05, 3.63) is 35.9 Å². The summed E-state index contributed by atoms with van der Waals surface area (Å²) in [6, 6.07) is 10.8. The molecule has 158 valence electrons. The minimum absolute atomic E-state index is 0.188. The van der Waals surface area contributed by atoms with Gasteiger partial charge in [-0.2, -0.15) is 0 Å². The van der Waals surface area contributed by atoms with Crippen molar-refractivity contribution in [3.8, 4) is 0 Å². The first-order chi connectivity index (χ1) is 14.2. The van der Waals surface area contributed by atoms with Crippen LogP contribution in [0.2, 0.25) is 0 Å². The molecule has 2 unspecified atom stereocenters. The van der Waals surface area contributed by atoms with Gasteiger partial charge in [-0.1, -0.05) is 43.2 Å². The van der Waals surface area contributed by atoms with Crippen molar-refractivity contribution in [2.24, 2.45) is 11.3 Å². The van der Waals surface area contributed by atoms with Crippen LogP contribution in [0.1, 0.15) is 76.2 Å². The van der Waals surface area contributed by atoms with Gasteiger partial charge in [-0.3, -0.25) is 9.59 Å². The van der Waals surface area contributed by atoms with Crippen LogP contribution in [0.5, 0.6) is 0 Å². The molecule has 0 aromatic heterocycles. The summed E-state index contributed by atoms with van der Waals surface area (Å²) >= 11 is 0. The van der Waals surface area contributed by atoms with Crippen LogP contribution in [0.25, 0.3) is 0 Å². The molecule has 1 aromatic carbocycles. The lowest BCUT2D eigenvalue weighted by atomic mass is 9.78. The Kier molecular flexibility index (Phi) is 6.56. The molecule has 4 nitrogen and oxygen atoms in total. The lowest BCUT2D eigenvalue weighted by Crippen LogP contribution is -2.49. The van der Waals surface area contributed by atoms with Gasteiger partial charge in [0, 0.05) is 31.0 Å². The first-order valence-corrected chi connectivity index (χ1v) is 11.8. The van der Waals surface area contributed by atoms with E-state index in [9.17, 15) is 9.59 Å². The van der Waals surface area contributed by atoms with Gasteiger partial charge in [0.05, 0.1) is 0 Å². The molecule has 1 aliphatic heterocycles. The van der Waals surface area contributed by atoms with E-state index in [0.717, 1.165) is 44.6 Å². The Balaban J connectivity index is 1.19. The third-order valence-corrected chi connectivity index (χ3v) is 7.49. The molecule has 0 spiro atoms. The number of amides is 2. The summed E-state index contributed by atoms with van der Waals surface area (Å²) in [5, 5.41) is 3.14. The molecule has 3 fully saturated rings. The van der Waals surface area contributed by atoms with Crippen molar-refractivity contribution in [2.75, 3.05) is 13.1 Å². The van der Waals surface area contributed by atoms with Crippen molar-refractivity contribution in [1.82, 2.24) is 10.2 Å². The maximum Gasteiger partial charge on any atom is 0.226 e. The highest BCUT2D eigenvalue weighted by Gasteiger charge is 2.48. The fraction of sp³-hybridized carbons (Fsp3) is 0.680. The van der Waals surface area contributed by atoms with Crippen LogP contribution in [0.4, 0.5) is 0 Å². The van der Waals surface area contributed by atoms with Crippen LogP contribution in [0.15, 0.2) is 30.3 Å². The van der Waals surface area contributed by atoms with Gasteiger partial charge < -0.3 is 10.2 Å². The second-order valence-corrected chi connectivity index (χ2v) is 9.47. The lowest BCUT2D eigenvalue weighted by molar-refractivity contribution is -0.138. The summed E-state index contributed by atoms with van der Waals surface area (Å²) in [5.41, 5.74) is 1.07. The van der Waals surface area contributed by atoms with Crippen LogP contribution in [-0.2, 0) is 16.0 Å². The SMILES string of the molecule is O=C(CCCC1(C(=O)NCCc2ccccc2)CC1)N1CCCC2CCCCC21. The summed E-state index contributed by atoms with van der Waals surface area (Å²) in [6.45, 7) is 1.64. The van der Waals surface area contributed by atoms with Crippen molar-refractivity contribution in [1.29, 1.82) is 0 Å². The van der Waals surface area contributed by atoms with E-state index in [2.05, 4.69) is 22.3 Å². The molecule has 0 bridgehead atoms. The summed E-state index contributed by atoms with van der Waals surface area (Å²) in [6.07, 6.45) is 12.7. The number of nitrogens with one attached hydrogen (secondary N) is 1. The summed E-state index contributed by atoms with van der Waals surface area (Å²) in [4.78, 5) is 27.8. The Labute approximate surface area is 175 Å². The number of nitrogens with zero attached hydrogens (tertiary/aromatic N) is 1. The van der Waals surface area contributed by atoms with E-state index < -0.39 is 0 Å². The fourth-order valence-electron chi connectivity index (χ4n) is 5.55. The average Bonchev–Trinajstić information content (AvgIpc) is 3.55. The monoisotopic (exact) mass is 396 g/mol. The topological polar surface area (TPSA) is 49.4 Å². The Hall–Kier alpha value is -1.84. The van der Waals surface area contributed by atoms with Gasteiger partial charge in [0.1, 0.15) is 0 Å². The molecule has 2 amide bonds. The van der Waals surface area contributed by atoms with E-state index >= 15 is 0 Å². The number of piperidine rings is 1. The number of likely N-dealkylation sites (tertiary alicyclic amines) is 1. The van der Waals surface area contributed by atoms with Crippen molar-refractivity contribution < 1.29 is 9.59 Å². The molecule has 2 atom stereocenters. The van der Waals surface area contributed by atoms with Gasteiger partial charge in [-0.25, -0.2) is 0 Å². The number of hydrogen-bond donors (Lipinski definition) is 1. The molecule has 4 rings (SSSR count). The normalized spacial score (nSPS) is 25.2. The van der Waals surface area contributed by atoms with Crippen molar-refractivity contribution in [3.63, 3.8) is 0 Å². The molecule has 1 heterocycles. The molecule has 1 aromatic rings. The quantitative estimate of drug-likeness (QED) is 0.704. The maximum absolute atomic E-state index is 12.9. The third kappa shape index (κ3) is 5.02. The zero-order valence-electron chi connectivity index (χ0n) is 17.7. The van der Waals surface area contributed by atoms with Gasteiger partial charge in [0.2, 0.25) is 11.8 Å². The molecule has 1 saturated heterocycles. The number of hydrogen-bond acceptors (Lipinski definition) is 2. The second kappa shape index (κ2) is 9.32. The zero-order valence-corrected chi connectivity index (χ0v) is 17.7. The van der Waals surface area contributed by atoms with Crippen molar-refractivity contribution in [2.45, 2.75) is 83.1 Å². The number of rotatable bonds is 8. The van der Waals surface area contributed by atoms with Crippen molar-refractivity contribution >= 4 is 11.8 Å². The zero-order chi connectivity index (χ0) is 20.1. The summed E-state index contributed by atoms with van der Waals surface area (Å²) in [7, 11) is 0. The molecule has 0 radical (unpaired) electrons. The Morgan fingerprint density at radius 3 is 2.59 bits per heavy atom. The second-order valence-electron chi connectivity index (χ2n) is 9.47. The first-order valence-electron chi connectivity index (χ1n) is 11.8. The van der Waals surface area contributed by atoms with E-state index in [1.165, 1.54) is 44.1 Å². The predicted molar refractivity (Wildman–Crippen MR) is 115 cm³/mol. The van der Waals surface area contributed by atoms with Gasteiger partial charge in [0.15, 0.2) is 0 Å². The van der Waals surface area contributed by atoms with E-state index in [1.54, 1.807) is 0 Å². The number of fused-ring (bicyclic) bond motifs is 1. The highest BCUT2D eigenvalue weighted by atomic mass is 16.2. The van der Waals surface area contributed by atoms with Gasteiger partial charge in [-0.15, -0.1) is 0 Å². The highest BCUT2D eigenvalue weighted by molar-refractivity contribution is 5.85. The molecule has 2 aliphatic carbocycles. The summed E-state index contributed by atoms with van der Waals surface area (Å²) in [5.74, 6) is 1.28. The van der Waals surface area contributed by atoms with E-state index in [-0.39, 0.29) is 11.3 Å². The van der Waals surface area contributed by atoms with Crippen LogP contribution in [0, 0.1) is 11.3 Å². The van der Waals surface area contributed by atoms with Crippen LogP contribution < -0.4 is 5.32 Å². The van der Waals surface area contributed by atoms with Crippen LogP contribution in [0.3, 0.4) is 0 Å². The third-order valence-electron chi connectivity index (χ3n) is 7.49. The maximum atomic E-state index is 12.9. The lowest BCUT2D eigenvalue weighted by Gasteiger charge is -2.44.